The molecule has 0 aliphatic rings. The third-order valence-electron chi connectivity index (χ3n) is 6.11. The van der Waals surface area contributed by atoms with E-state index in [1.807, 2.05) is 49.1 Å². The molecule has 0 aliphatic heterocycles. The van der Waals surface area contributed by atoms with E-state index in [1.165, 1.54) is 43.8 Å². The van der Waals surface area contributed by atoms with Gasteiger partial charge in [-0.15, -0.1) is 0 Å². The summed E-state index contributed by atoms with van der Waals surface area (Å²) < 4.78 is 42.3. The van der Waals surface area contributed by atoms with Gasteiger partial charge in [-0.1, -0.05) is 24.3 Å². The summed E-state index contributed by atoms with van der Waals surface area (Å²) in [6.07, 6.45) is 7.39. The number of pyridine rings is 4. The van der Waals surface area contributed by atoms with Crippen molar-refractivity contribution in [2.75, 3.05) is 0 Å². The Balaban J connectivity index is 0.000000175. The second-order valence-electron chi connectivity index (χ2n) is 8.64. The zero-order chi connectivity index (χ0) is 28.7. The normalized spacial score (nSPS) is 10.8. The molecule has 197 valence electrons. The maximum absolute atomic E-state index is 8.52. The standard InChI is InChI=1S/2C14H12N2.H2O4S.O.V/c2*1-9-5-7-15-13-11(9)3-4-12-10(2)6-8-16-14(12)13;1-5(2,3)4;;/h2*3-8H,1-2H3;(H2,1,2,3,4);;/q;;;;+2/p-2. The Labute approximate surface area is 235 Å². The Bertz CT molecular complexity index is 1650. The van der Waals surface area contributed by atoms with E-state index in [2.05, 4.69) is 71.9 Å². The van der Waals surface area contributed by atoms with Crippen molar-refractivity contribution in [1.29, 1.82) is 0 Å². The molecular formula is C28H24N4O5SV. The number of hydrogen-bond donors (Lipinski definition) is 0. The molecule has 6 rings (SSSR count). The summed E-state index contributed by atoms with van der Waals surface area (Å²) in [4.78, 5) is 17.8. The van der Waals surface area contributed by atoms with E-state index in [1.54, 1.807) is 0 Å². The van der Waals surface area contributed by atoms with Gasteiger partial charge in [-0.3, -0.25) is 28.4 Å². The quantitative estimate of drug-likeness (QED) is 0.132. The molecule has 0 saturated heterocycles. The Morgan fingerprint density at radius 2 is 0.667 bits per heavy atom. The van der Waals surface area contributed by atoms with Crippen LogP contribution in [0.4, 0.5) is 0 Å². The Morgan fingerprint density at radius 1 is 0.487 bits per heavy atom. The number of nitrogens with zero attached hydrogens (tertiary/aromatic N) is 4. The molecule has 0 saturated carbocycles. The number of fused-ring (bicyclic) bond motifs is 6. The fraction of sp³-hybridized carbons (Fsp3) is 0.143. The van der Waals surface area contributed by atoms with Gasteiger partial charge >= 0.3 is 21.0 Å². The third-order valence-corrected chi connectivity index (χ3v) is 6.11. The molecule has 0 atom stereocenters. The van der Waals surface area contributed by atoms with Gasteiger partial charge < -0.3 is 9.11 Å². The van der Waals surface area contributed by atoms with E-state index in [0.29, 0.717) is 0 Å². The number of benzene rings is 2. The zero-order valence-corrected chi connectivity index (χ0v) is 23.8. The van der Waals surface area contributed by atoms with Gasteiger partial charge in [0.05, 0.1) is 22.1 Å². The van der Waals surface area contributed by atoms with E-state index < -0.39 is 10.4 Å². The molecule has 6 aromatic rings. The van der Waals surface area contributed by atoms with Gasteiger partial charge in [0, 0.05) is 56.7 Å². The Hall–Kier alpha value is -3.67. The van der Waals surface area contributed by atoms with Crippen LogP contribution in [0.5, 0.6) is 0 Å². The molecule has 0 unspecified atom stereocenters. The van der Waals surface area contributed by atoms with E-state index in [9.17, 15) is 0 Å². The predicted octanol–water partition coefficient (Wildman–Crippen LogP) is 5.34. The second-order valence-corrected chi connectivity index (χ2v) is 9.45. The molecule has 11 heteroatoms. The van der Waals surface area contributed by atoms with E-state index in [-0.39, 0.29) is 0 Å². The Kier molecular flexibility index (Phi) is 9.90. The van der Waals surface area contributed by atoms with Crippen LogP contribution in [0.1, 0.15) is 22.3 Å². The molecule has 0 radical (unpaired) electrons. The predicted molar refractivity (Wildman–Crippen MR) is 144 cm³/mol. The van der Waals surface area contributed by atoms with Crippen LogP contribution in [-0.2, 0) is 31.4 Å². The van der Waals surface area contributed by atoms with Crippen LogP contribution in [0.25, 0.3) is 43.6 Å². The summed E-state index contributed by atoms with van der Waals surface area (Å²) >= 11 is 1.06. The van der Waals surface area contributed by atoms with Gasteiger partial charge in [0.15, 0.2) is 0 Å². The van der Waals surface area contributed by atoms with Crippen LogP contribution in [0.3, 0.4) is 0 Å². The van der Waals surface area contributed by atoms with Crippen molar-refractivity contribution < 1.29 is 38.6 Å². The first kappa shape index (κ1) is 29.9. The van der Waals surface area contributed by atoms with E-state index in [4.69, 9.17) is 21.2 Å². The third kappa shape index (κ3) is 7.26. The van der Waals surface area contributed by atoms with E-state index >= 15 is 0 Å². The average Bonchev–Trinajstić information content (AvgIpc) is 2.90. The van der Waals surface area contributed by atoms with Crippen molar-refractivity contribution in [2.24, 2.45) is 0 Å². The topological polar surface area (TPSA) is 149 Å². The molecule has 0 spiro atoms. The molecule has 39 heavy (non-hydrogen) atoms. The summed E-state index contributed by atoms with van der Waals surface area (Å²) in [6, 6.07) is 16.7. The van der Waals surface area contributed by atoms with Crippen LogP contribution < -0.4 is 0 Å². The molecule has 0 fully saturated rings. The van der Waals surface area contributed by atoms with Crippen molar-refractivity contribution in [3.05, 3.63) is 95.6 Å². The fourth-order valence-corrected chi connectivity index (χ4v) is 4.21. The average molecular weight is 580 g/mol. The molecule has 4 heterocycles. The fourth-order valence-electron chi connectivity index (χ4n) is 4.21. The van der Waals surface area contributed by atoms with Crippen LogP contribution in [-0.4, -0.2) is 37.5 Å². The van der Waals surface area contributed by atoms with Crippen LogP contribution in [0.15, 0.2) is 73.3 Å². The number of rotatable bonds is 0. The zero-order valence-electron chi connectivity index (χ0n) is 21.6. The summed E-state index contributed by atoms with van der Waals surface area (Å²) in [5.74, 6) is 0. The molecular weight excluding hydrogens is 555 g/mol. The van der Waals surface area contributed by atoms with Gasteiger partial charge in [-0.2, -0.15) is 0 Å². The van der Waals surface area contributed by atoms with Crippen LogP contribution in [0, 0.1) is 27.7 Å². The van der Waals surface area contributed by atoms with Gasteiger partial charge in [0.1, 0.15) is 0 Å². The molecule has 0 amide bonds. The van der Waals surface area contributed by atoms with Gasteiger partial charge in [0.2, 0.25) is 0 Å². The number of hydrogen-bond acceptors (Lipinski definition) is 9. The van der Waals surface area contributed by atoms with Crippen molar-refractivity contribution in [3.8, 4) is 0 Å². The van der Waals surface area contributed by atoms with Gasteiger partial charge in [0.25, 0.3) is 0 Å². The summed E-state index contributed by atoms with van der Waals surface area (Å²) in [5, 5.41) is 4.75. The summed E-state index contributed by atoms with van der Waals surface area (Å²) in [6.45, 7) is 8.41. The molecule has 0 N–H and O–H groups in total. The van der Waals surface area contributed by atoms with Crippen molar-refractivity contribution in [2.45, 2.75) is 27.7 Å². The van der Waals surface area contributed by atoms with Gasteiger partial charge in [-0.05, 0) is 74.2 Å². The number of aryl methyl sites for hydroxylation is 4. The van der Waals surface area contributed by atoms with Crippen molar-refractivity contribution >= 4 is 54.0 Å². The molecule has 4 aromatic heterocycles. The minimum atomic E-state index is -5.17. The van der Waals surface area contributed by atoms with Gasteiger partial charge in [-0.25, -0.2) is 0 Å². The first-order valence-electron chi connectivity index (χ1n) is 11.6. The summed E-state index contributed by atoms with van der Waals surface area (Å²) in [5.41, 5.74) is 8.99. The summed E-state index contributed by atoms with van der Waals surface area (Å²) in [7, 11) is -5.17. The maximum atomic E-state index is 8.52. The molecule has 2 aromatic carbocycles. The molecule has 9 nitrogen and oxygen atoms in total. The second kappa shape index (κ2) is 12.9. The first-order chi connectivity index (χ1) is 18.5. The number of aromatic nitrogens is 4. The monoisotopic (exact) mass is 579 g/mol. The molecule has 0 bridgehead atoms. The van der Waals surface area contributed by atoms with Crippen molar-refractivity contribution in [1.82, 2.24) is 19.9 Å². The SMILES string of the molecule is Cc1ccnc2c1ccc1c(C)ccnc12.Cc1ccnc2c1ccc1c(C)ccnc12.O=S(=O)([O-])[O-].[O]=[V+2]. The van der Waals surface area contributed by atoms with E-state index in [0.717, 1.165) is 39.4 Å². The Morgan fingerprint density at radius 3 is 0.846 bits per heavy atom. The first-order valence-corrected chi connectivity index (χ1v) is 13.5. The molecule has 0 aliphatic carbocycles. The van der Waals surface area contributed by atoms with Crippen LogP contribution >= 0.6 is 0 Å². The van der Waals surface area contributed by atoms with Crippen LogP contribution in [0.2, 0.25) is 0 Å². The van der Waals surface area contributed by atoms with Crippen molar-refractivity contribution in [3.63, 3.8) is 0 Å². The minimum absolute atomic E-state index is 1.00.